The summed E-state index contributed by atoms with van der Waals surface area (Å²) in [7, 11) is 0. The summed E-state index contributed by atoms with van der Waals surface area (Å²) in [5, 5.41) is 3.05. The molecule has 1 aromatic carbocycles. The zero-order valence-electron chi connectivity index (χ0n) is 19.0. The molecule has 1 unspecified atom stereocenters. The number of benzene rings is 1. The van der Waals surface area contributed by atoms with Gasteiger partial charge in [0, 0.05) is 47.2 Å². The molecule has 1 N–H and O–H groups in total. The third-order valence-electron chi connectivity index (χ3n) is 6.42. The predicted octanol–water partition coefficient (Wildman–Crippen LogP) is 4.61. The number of likely N-dealkylation sites (tertiary alicyclic amines) is 1. The van der Waals surface area contributed by atoms with Crippen molar-refractivity contribution in [3.05, 3.63) is 35.9 Å². The number of aryl methyl sites for hydroxylation is 2. The number of ether oxygens (including phenoxy) is 1. The van der Waals surface area contributed by atoms with Gasteiger partial charge in [0.2, 0.25) is 5.91 Å². The third-order valence-corrected chi connectivity index (χ3v) is 6.42. The summed E-state index contributed by atoms with van der Waals surface area (Å²) < 4.78 is 6.27. The summed E-state index contributed by atoms with van der Waals surface area (Å²) in [4.78, 5) is 23.6. The minimum absolute atomic E-state index is 0.105. The fourth-order valence-electron chi connectivity index (χ4n) is 4.55. The second-order valence-corrected chi connectivity index (χ2v) is 8.99. The molecule has 2 aromatic rings. The maximum atomic E-state index is 12.3. The molecular weight excluding hydrogens is 388 g/mol. The van der Waals surface area contributed by atoms with Crippen molar-refractivity contribution < 1.29 is 9.53 Å². The molecule has 1 saturated carbocycles. The lowest BCUT2D eigenvalue weighted by Crippen LogP contribution is -2.26. The maximum Gasteiger partial charge on any atom is 0.227 e. The largest absolute Gasteiger partial charge is 0.492 e. The molecule has 2 aliphatic rings. The molecular formula is C25H34N4O2. The van der Waals surface area contributed by atoms with Crippen LogP contribution in [0.15, 0.2) is 24.5 Å². The van der Waals surface area contributed by atoms with Crippen LogP contribution >= 0.6 is 0 Å². The molecule has 166 valence electrons. The molecule has 1 aliphatic heterocycles. The number of hydrogen-bond acceptors (Lipinski definition) is 5. The Hall–Kier alpha value is -2.47. The van der Waals surface area contributed by atoms with Gasteiger partial charge < -0.3 is 10.1 Å². The quantitative estimate of drug-likeness (QED) is 0.639. The van der Waals surface area contributed by atoms with Gasteiger partial charge in [-0.05, 0) is 70.2 Å². The molecule has 31 heavy (non-hydrogen) atoms. The van der Waals surface area contributed by atoms with Crippen LogP contribution < -0.4 is 10.1 Å². The van der Waals surface area contributed by atoms with E-state index in [1.54, 1.807) is 6.33 Å². The standard InChI is InChI=1S/C25H34N4O2/c1-4-5-19-10-11-29(15-19)12-13-31-23-9-8-21(28-25(30)20-6-7-20)14-22(23)24-17(2)26-16-27-18(24)3/h8-9,14,16,19-20H,4-7,10-13,15H2,1-3H3,(H,28,30). The van der Waals surface area contributed by atoms with Gasteiger partial charge in [0.15, 0.2) is 0 Å². The molecule has 1 saturated heterocycles. The zero-order chi connectivity index (χ0) is 21.8. The summed E-state index contributed by atoms with van der Waals surface area (Å²) in [6, 6.07) is 5.90. The van der Waals surface area contributed by atoms with Crippen molar-refractivity contribution in [1.82, 2.24) is 14.9 Å². The Kier molecular flexibility index (Phi) is 6.86. The lowest BCUT2D eigenvalue weighted by molar-refractivity contribution is -0.117. The van der Waals surface area contributed by atoms with Gasteiger partial charge in [-0.3, -0.25) is 9.69 Å². The average molecular weight is 423 g/mol. The number of anilines is 1. The monoisotopic (exact) mass is 422 g/mol. The van der Waals surface area contributed by atoms with E-state index in [1.807, 2.05) is 32.0 Å². The first-order chi connectivity index (χ1) is 15.0. The van der Waals surface area contributed by atoms with Crippen LogP contribution in [-0.2, 0) is 4.79 Å². The van der Waals surface area contributed by atoms with E-state index in [4.69, 9.17) is 4.74 Å². The molecule has 1 amide bonds. The smallest absolute Gasteiger partial charge is 0.227 e. The molecule has 1 aliphatic carbocycles. The van der Waals surface area contributed by atoms with Crippen molar-refractivity contribution in [2.24, 2.45) is 11.8 Å². The highest BCUT2D eigenvalue weighted by Crippen LogP contribution is 2.37. The first-order valence-electron chi connectivity index (χ1n) is 11.6. The summed E-state index contributed by atoms with van der Waals surface area (Å²) in [5.74, 6) is 1.92. The van der Waals surface area contributed by atoms with Gasteiger partial charge in [-0.2, -0.15) is 0 Å². The van der Waals surface area contributed by atoms with Crippen molar-refractivity contribution >= 4 is 11.6 Å². The van der Waals surface area contributed by atoms with E-state index in [1.165, 1.54) is 25.8 Å². The van der Waals surface area contributed by atoms with E-state index in [9.17, 15) is 4.79 Å². The lowest BCUT2D eigenvalue weighted by atomic mass is 10.0. The topological polar surface area (TPSA) is 67.3 Å². The van der Waals surface area contributed by atoms with E-state index in [0.29, 0.717) is 6.61 Å². The highest BCUT2D eigenvalue weighted by molar-refractivity contribution is 5.95. The fraction of sp³-hybridized carbons (Fsp3) is 0.560. The summed E-state index contributed by atoms with van der Waals surface area (Å²) in [5.41, 5.74) is 4.53. The number of carbonyl (C=O) groups excluding carboxylic acids is 1. The number of amides is 1. The summed E-state index contributed by atoms with van der Waals surface area (Å²) >= 11 is 0. The van der Waals surface area contributed by atoms with Crippen LogP contribution in [0, 0.1) is 25.7 Å². The summed E-state index contributed by atoms with van der Waals surface area (Å²) in [6.07, 6.45) is 7.45. The Balaban J connectivity index is 1.50. The van der Waals surface area contributed by atoms with Gasteiger partial charge in [-0.25, -0.2) is 9.97 Å². The van der Waals surface area contributed by atoms with Gasteiger partial charge in [-0.1, -0.05) is 13.3 Å². The van der Waals surface area contributed by atoms with Gasteiger partial charge in [-0.15, -0.1) is 0 Å². The Morgan fingerprint density at radius 2 is 1.97 bits per heavy atom. The molecule has 0 spiro atoms. The lowest BCUT2D eigenvalue weighted by Gasteiger charge is -2.19. The van der Waals surface area contributed by atoms with Crippen LogP contribution in [0.3, 0.4) is 0 Å². The van der Waals surface area contributed by atoms with E-state index in [-0.39, 0.29) is 11.8 Å². The second kappa shape index (κ2) is 9.77. The number of nitrogens with one attached hydrogen (secondary N) is 1. The van der Waals surface area contributed by atoms with E-state index >= 15 is 0 Å². The van der Waals surface area contributed by atoms with Gasteiger partial charge >= 0.3 is 0 Å². The van der Waals surface area contributed by atoms with Gasteiger partial charge in [0.1, 0.15) is 18.7 Å². The number of nitrogens with zero attached hydrogens (tertiary/aromatic N) is 3. The Labute approximate surface area is 185 Å². The van der Waals surface area contributed by atoms with Crippen molar-refractivity contribution in [3.8, 4) is 16.9 Å². The maximum absolute atomic E-state index is 12.3. The Morgan fingerprint density at radius 3 is 2.68 bits per heavy atom. The normalized spacial score (nSPS) is 18.9. The Bertz CT molecular complexity index is 905. The first-order valence-corrected chi connectivity index (χ1v) is 11.6. The highest BCUT2D eigenvalue weighted by Gasteiger charge is 2.29. The zero-order valence-corrected chi connectivity index (χ0v) is 19.0. The van der Waals surface area contributed by atoms with Crippen LogP contribution in [0.2, 0.25) is 0 Å². The van der Waals surface area contributed by atoms with Crippen LogP contribution in [0.25, 0.3) is 11.1 Å². The van der Waals surface area contributed by atoms with Crippen LogP contribution in [0.1, 0.15) is 50.4 Å². The molecule has 2 fully saturated rings. The van der Waals surface area contributed by atoms with E-state index in [2.05, 4.69) is 27.1 Å². The third kappa shape index (κ3) is 5.42. The number of hydrogen-bond donors (Lipinski definition) is 1. The molecule has 6 heteroatoms. The minimum Gasteiger partial charge on any atom is -0.492 e. The van der Waals surface area contributed by atoms with Crippen LogP contribution in [0.4, 0.5) is 5.69 Å². The van der Waals surface area contributed by atoms with Gasteiger partial charge in [0.05, 0.1) is 0 Å². The molecule has 2 heterocycles. The van der Waals surface area contributed by atoms with E-state index < -0.39 is 0 Å². The first kappa shape index (κ1) is 21.8. The number of rotatable bonds is 9. The molecule has 6 nitrogen and oxygen atoms in total. The van der Waals surface area contributed by atoms with Crippen LogP contribution in [0.5, 0.6) is 5.75 Å². The molecule has 1 atom stereocenters. The highest BCUT2D eigenvalue weighted by atomic mass is 16.5. The number of aromatic nitrogens is 2. The second-order valence-electron chi connectivity index (χ2n) is 8.99. The van der Waals surface area contributed by atoms with Crippen molar-refractivity contribution in [2.75, 3.05) is 31.6 Å². The predicted molar refractivity (Wildman–Crippen MR) is 123 cm³/mol. The molecule has 4 rings (SSSR count). The molecule has 0 bridgehead atoms. The van der Waals surface area contributed by atoms with Crippen molar-refractivity contribution in [3.63, 3.8) is 0 Å². The Morgan fingerprint density at radius 1 is 1.19 bits per heavy atom. The average Bonchev–Trinajstić information content (AvgIpc) is 3.50. The van der Waals surface area contributed by atoms with Gasteiger partial charge in [0.25, 0.3) is 0 Å². The molecule has 1 aromatic heterocycles. The van der Waals surface area contributed by atoms with Crippen molar-refractivity contribution in [1.29, 1.82) is 0 Å². The van der Waals surface area contributed by atoms with Crippen molar-refractivity contribution in [2.45, 2.75) is 52.9 Å². The fourth-order valence-corrected chi connectivity index (χ4v) is 4.55. The number of carbonyl (C=O) groups is 1. The molecule has 0 radical (unpaired) electrons. The minimum atomic E-state index is 0.105. The summed E-state index contributed by atoms with van der Waals surface area (Å²) in [6.45, 7) is 10.2. The van der Waals surface area contributed by atoms with Crippen LogP contribution in [-0.4, -0.2) is 47.0 Å². The SMILES string of the molecule is CCCC1CCN(CCOc2ccc(NC(=O)C3CC3)cc2-c2c(C)ncnc2C)C1. The van der Waals surface area contributed by atoms with E-state index in [0.717, 1.165) is 65.8 Å².